The van der Waals surface area contributed by atoms with Gasteiger partial charge in [0.1, 0.15) is 6.10 Å². The molecule has 0 radical (unpaired) electrons. The van der Waals surface area contributed by atoms with Crippen molar-refractivity contribution in [2.75, 3.05) is 39.0 Å². The van der Waals surface area contributed by atoms with Crippen molar-refractivity contribution in [2.45, 2.75) is 17.5 Å². The molecule has 2 heterocycles. The predicted molar refractivity (Wildman–Crippen MR) is 134 cm³/mol. The van der Waals surface area contributed by atoms with E-state index in [1.54, 1.807) is 53.6 Å². The van der Waals surface area contributed by atoms with Crippen LogP contribution in [0.3, 0.4) is 0 Å². The molecule has 0 bridgehead atoms. The standard InChI is InChI=1S/C23H27ClN4O4S2/c1-25-23-26(2)19(14-33-23)13-27-7-9-28(10-8-27)22(30)21(29)15-34(31,32)20-6-4-16-11-18(24)5-3-17(16)12-20/h3-6,11-12,14,21,29H,7-10,13,15H2,1-2H3/b25-23-/t21-/m1/s1. The summed E-state index contributed by atoms with van der Waals surface area (Å²) in [5.74, 6) is -1.21. The lowest BCUT2D eigenvalue weighted by Gasteiger charge is -2.35. The molecule has 182 valence electrons. The molecular formula is C23H27ClN4O4S2. The van der Waals surface area contributed by atoms with Crippen molar-refractivity contribution < 1.29 is 18.3 Å². The van der Waals surface area contributed by atoms with E-state index in [4.69, 9.17) is 11.6 Å². The summed E-state index contributed by atoms with van der Waals surface area (Å²) >= 11 is 7.58. The van der Waals surface area contributed by atoms with E-state index in [2.05, 4.69) is 19.8 Å². The van der Waals surface area contributed by atoms with E-state index in [1.807, 2.05) is 7.05 Å². The number of rotatable bonds is 6. The summed E-state index contributed by atoms with van der Waals surface area (Å²) in [6, 6.07) is 9.87. The van der Waals surface area contributed by atoms with Crippen molar-refractivity contribution in [1.29, 1.82) is 0 Å². The van der Waals surface area contributed by atoms with E-state index >= 15 is 0 Å². The van der Waals surface area contributed by atoms with Gasteiger partial charge >= 0.3 is 0 Å². The summed E-state index contributed by atoms with van der Waals surface area (Å²) in [4.78, 5) is 21.8. The van der Waals surface area contributed by atoms with Crippen LogP contribution in [0.25, 0.3) is 10.8 Å². The number of fused-ring (bicyclic) bond motifs is 1. The molecule has 4 rings (SSSR count). The molecule has 1 amide bonds. The number of hydrogen-bond donors (Lipinski definition) is 1. The molecule has 1 saturated heterocycles. The fourth-order valence-corrected chi connectivity index (χ4v) is 6.45. The summed E-state index contributed by atoms with van der Waals surface area (Å²) < 4.78 is 27.8. The maximum atomic E-state index is 12.9. The van der Waals surface area contributed by atoms with E-state index in [1.165, 1.54) is 6.07 Å². The molecule has 1 atom stereocenters. The summed E-state index contributed by atoms with van der Waals surface area (Å²) in [6.45, 7) is 2.91. The van der Waals surface area contributed by atoms with Crippen molar-refractivity contribution in [2.24, 2.45) is 12.0 Å². The zero-order valence-corrected chi connectivity index (χ0v) is 21.4. The van der Waals surface area contributed by atoms with Crippen LogP contribution in [-0.2, 0) is 28.2 Å². The first-order chi connectivity index (χ1) is 16.2. The van der Waals surface area contributed by atoms with Crippen LogP contribution in [0.4, 0.5) is 0 Å². The van der Waals surface area contributed by atoms with Gasteiger partial charge in [-0.2, -0.15) is 0 Å². The first-order valence-electron chi connectivity index (χ1n) is 10.9. The number of nitrogens with zero attached hydrogens (tertiary/aromatic N) is 4. The quantitative estimate of drug-likeness (QED) is 0.533. The first-order valence-corrected chi connectivity index (χ1v) is 13.8. The second-order valence-corrected chi connectivity index (χ2v) is 11.7. The minimum atomic E-state index is -3.85. The number of carbonyl (C=O) groups is 1. The topological polar surface area (TPSA) is 95.2 Å². The minimum absolute atomic E-state index is 0.0702. The molecule has 1 aliphatic rings. The Morgan fingerprint density at radius 3 is 2.50 bits per heavy atom. The summed E-state index contributed by atoms with van der Waals surface area (Å²) in [6.07, 6.45) is -1.61. The molecule has 1 N–H and O–H groups in total. The highest BCUT2D eigenvalue weighted by Gasteiger charge is 2.30. The van der Waals surface area contributed by atoms with Crippen molar-refractivity contribution in [1.82, 2.24) is 14.4 Å². The van der Waals surface area contributed by atoms with Crippen molar-refractivity contribution in [3.63, 3.8) is 0 Å². The first kappa shape index (κ1) is 24.9. The van der Waals surface area contributed by atoms with Crippen molar-refractivity contribution in [3.05, 3.63) is 57.3 Å². The van der Waals surface area contributed by atoms with Crippen molar-refractivity contribution in [3.8, 4) is 0 Å². The Bertz CT molecular complexity index is 1380. The molecule has 2 aromatic carbocycles. The number of piperazine rings is 1. The lowest BCUT2D eigenvalue weighted by atomic mass is 10.1. The van der Waals surface area contributed by atoms with Gasteiger partial charge in [0.25, 0.3) is 5.91 Å². The van der Waals surface area contributed by atoms with Gasteiger partial charge in [-0.3, -0.25) is 14.7 Å². The number of halogens is 1. The maximum absolute atomic E-state index is 12.9. The molecule has 11 heteroatoms. The molecule has 1 aromatic heterocycles. The van der Waals surface area contributed by atoms with Crippen LogP contribution in [0.15, 0.2) is 51.7 Å². The fraction of sp³-hybridized carbons (Fsp3) is 0.391. The van der Waals surface area contributed by atoms with E-state index in [0.717, 1.165) is 27.8 Å². The Labute approximate surface area is 207 Å². The van der Waals surface area contributed by atoms with Gasteiger partial charge in [-0.05, 0) is 35.0 Å². The van der Waals surface area contributed by atoms with Crippen LogP contribution in [-0.4, -0.2) is 78.9 Å². The predicted octanol–water partition coefficient (Wildman–Crippen LogP) is 1.90. The van der Waals surface area contributed by atoms with Gasteiger partial charge in [0.2, 0.25) is 0 Å². The molecular weight excluding hydrogens is 496 g/mol. The fourth-order valence-electron chi connectivity index (χ4n) is 4.08. The molecule has 0 saturated carbocycles. The zero-order chi connectivity index (χ0) is 24.5. The number of aromatic nitrogens is 1. The number of amides is 1. The van der Waals surface area contributed by atoms with Gasteiger partial charge in [0, 0.05) is 62.9 Å². The summed E-state index contributed by atoms with van der Waals surface area (Å²) in [5.41, 5.74) is 1.15. The minimum Gasteiger partial charge on any atom is -0.382 e. The number of aliphatic hydroxyl groups excluding tert-OH is 1. The van der Waals surface area contributed by atoms with Crippen LogP contribution in [0.1, 0.15) is 5.69 Å². The Morgan fingerprint density at radius 1 is 1.15 bits per heavy atom. The number of benzene rings is 2. The molecule has 34 heavy (non-hydrogen) atoms. The molecule has 0 aliphatic carbocycles. The highest BCUT2D eigenvalue weighted by atomic mass is 35.5. The lowest BCUT2D eigenvalue weighted by molar-refractivity contribution is -0.140. The van der Waals surface area contributed by atoms with Gasteiger partial charge in [0.15, 0.2) is 14.6 Å². The number of carbonyl (C=O) groups excluding carboxylic acids is 1. The van der Waals surface area contributed by atoms with Gasteiger partial charge < -0.3 is 14.6 Å². The van der Waals surface area contributed by atoms with E-state index in [0.29, 0.717) is 31.2 Å². The highest BCUT2D eigenvalue weighted by Crippen LogP contribution is 2.24. The number of sulfone groups is 1. The van der Waals surface area contributed by atoms with Crippen LogP contribution in [0, 0.1) is 0 Å². The second-order valence-electron chi connectivity index (χ2n) is 8.34. The van der Waals surface area contributed by atoms with Gasteiger partial charge in [-0.25, -0.2) is 8.42 Å². The average Bonchev–Trinajstić information content (AvgIpc) is 3.17. The summed E-state index contributed by atoms with van der Waals surface area (Å²) in [7, 11) is -0.106. The molecule has 8 nitrogen and oxygen atoms in total. The zero-order valence-electron chi connectivity index (χ0n) is 19.0. The Kier molecular flexibility index (Phi) is 7.44. The Hall–Kier alpha value is -2.24. The van der Waals surface area contributed by atoms with Crippen LogP contribution in [0.5, 0.6) is 0 Å². The van der Waals surface area contributed by atoms with Crippen LogP contribution < -0.4 is 4.80 Å². The molecule has 1 fully saturated rings. The lowest BCUT2D eigenvalue weighted by Crippen LogP contribution is -2.52. The third kappa shape index (κ3) is 5.36. The van der Waals surface area contributed by atoms with Crippen LogP contribution in [0.2, 0.25) is 5.02 Å². The highest BCUT2D eigenvalue weighted by molar-refractivity contribution is 7.91. The normalized spacial score (nSPS) is 16.8. The monoisotopic (exact) mass is 522 g/mol. The maximum Gasteiger partial charge on any atom is 0.252 e. The third-order valence-corrected chi connectivity index (χ3v) is 9.09. The van der Waals surface area contributed by atoms with E-state index < -0.39 is 27.6 Å². The number of hydrogen-bond acceptors (Lipinski definition) is 7. The number of thiazole rings is 1. The molecule has 3 aromatic rings. The molecule has 0 unspecified atom stereocenters. The third-order valence-electron chi connectivity index (χ3n) is 6.07. The van der Waals surface area contributed by atoms with Gasteiger partial charge in [-0.1, -0.05) is 23.7 Å². The smallest absolute Gasteiger partial charge is 0.252 e. The SMILES string of the molecule is C/N=c1\scc(CN2CCN(C(=O)[C@H](O)CS(=O)(=O)c3ccc4cc(Cl)ccc4c3)CC2)n1C. The van der Waals surface area contributed by atoms with Crippen LogP contribution >= 0.6 is 22.9 Å². The van der Waals surface area contributed by atoms with Gasteiger partial charge in [-0.15, -0.1) is 11.3 Å². The average molecular weight is 523 g/mol. The second kappa shape index (κ2) is 10.2. The largest absolute Gasteiger partial charge is 0.382 e. The summed E-state index contributed by atoms with van der Waals surface area (Å²) in [5, 5.41) is 14.7. The van der Waals surface area contributed by atoms with Gasteiger partial charge in [0.05, 0.1) is 10.6 Å². The Morgan fingerprint density at radius 2 is 1.82 bits per heavy atom. The number of aliphatic hydroxyl groups is 1. The van der Waals surface area contributed by atoms with E-state index in [9.17, 15) is 18.3 Å². The van der Waals surface area contributed by atoms with E-state index in [-0.39, 0.29) is 4.90 Å². The molecule has 0 spiro atoms. The van der Waals surface area contributed by atoms with Crippen molar-refractivity contribution >= 4 is 49.5 Å². The molecule has 1 aliphatic heterocycles. The Balaban J connectivity index is 1.36.